The zero-order chi connectivity index (χ0) is 9.28. The number of rotatable bonds is 4. The van der Waals surface area contributed by atoms with Crippen molar-refractivity contribution in [3.05, 3.63) is 0 Å². The summed E-state index contributed by atoms with van der Waals surface area (Å²) in [6, 6.07) is -0.683. The van der Waals surface area contributed by atoms with Crippen LogP contribution in [-0.4, -0.2) is 35.4 Å². The highest BCUT2D eigenvalue weighted by atomic mass is 35.5. The van der Waals surface area contributed by atoms with Crippen LogP contribution in [-0.2, 0) is 4.79 Å². The third kappa shape index (κ3) is 13.0. The maximum atomic E-state index is 10.1. The largest absolute Gasteiger partial charge is 0.480 e. The molecule has 0 aliphatic heterocycles. The normalized spacial score (nSPS) is 10.3. The van der Waals surface area contributed by atoms with Crippen LogP contribution in [0.15, 0.2) is 0 Å². The minimum atomic E-state index is -0.913. The van der Waals surface area contributed by atoms with Crippen LogP contribution in [0.1, 0.15) is 6.42 Å². The molecule has 0 unspecified atom stereocenters. The monoisotopic (exact) mass is 233 g/mol. The van der Waals surface area contributed by atoms with Crippen molar-refractivity contribution in [1.82, 2.24) is 0 Å². The van der Waals surface area contributed by atoms with Crippen LogP contribution in [0, 0.1) is 0 Å². The maximum Gasteiger partial charge on any atom is 0.320 e. The second kappa shape index (κ2) is 14.0. The second-order valence-corrected chi connectivity index (χ2v) is 2.71. The molecule has 0 radical (unpaired) electrons. The molecule has 0 heterocycles. The van der Waals surface area contributed by atoms with Gasteiger partial charge in [-0.15, -0.1) is 12.4 Å². The Labute approximate surface area is 89.3 Å². The molecular weight excluding hydrogens is 218 g/mol. The highest BCUT2D eigenvalue weighted by Crippen LogP contribution is 1.97. The molecule has 3 N–H and O–H groups in total. The number of nitrogens with two attached hydrogens (primary N) is 1. The molecule has 0 aliphatic rings. The summed E-state index contributed by atoms with van der Waals surface area (Å²) in [5.41, 5.74) is 5.19. The van der Waals surface area contributed by atoms with E-state index in [4.69, 9.17) is 10.8 Å². The fraction of sp³-hybridized carbons (Fsp3) is 0.833. The van der Waals surface area contributed by atoms with Gasteiger partial charge in [-0.05, 0) is 24.7 Å². The Kier molecular flexibility index (Phi) is 21.3. The SMILES string of the molecule is CS.CSCC[C@H](N)C(=O)O.Cl. The topological polar surface area (TPSA) is 63.3 Å². The molecule has 6 heteroatoms. The van der Waals surface area contributed by atoms with E-state index in [9.17, 15) is 4.79 Å². The van der Waals surface area contributed by atoms with E-state index < -0.39 is 12.0 Å². The lowest BCUT2D eigenvalue weighted by Crippen LogP contribution is -2.30. The van der Waals surface area contributed by atoms with Gasteiger partial charge in [0.25, 0.3) is 0 Å². The Bertz CT molecular complexity index is 106. The van der Waals surface area contributed by atoms with E-state index in [2.05, 4.69) is 12.6 Å². The quantitative estimate of drug-likeness (QED) is 0.637. The molecule has 0 saturated carbocycles. The van der Waals surface area contributed by atoms with Crippen LogP contribution in [0.2, 0.25) is 0 Å². The lowest BCUT2D eigenvalue weighted by atomic mass is 10.2. The van der Waals surface area contributed by atoms with Crippen LogP contribution in [0.5, 0.6) is 0 Å². The van der Waals surface area contributed by atoms with Crippen molar-refractivity contribution in [2.75, 3.05) is 18.3 Å². The maximum absolute atomic E-state index is 10.1. The lowest BCUT2D eigenvalue weighted by Gasteiger charge is -2.02. The molecule has 0 aromatic heterocycles. The summed E-state index contributed by atoms with van der Waals surface area (Å²) < 4.78 is 0. The van der Waals surface area contributed by atoms with Gasteiger partial charge in [0, 0.05) is 0 Å². The fourth-order valence-electron chi connectivity index (χ4n) is 0.368. The number of carboxylic acids is 1. The molecule has 12 heavy (non-hydrogen) atoms. The first-order valence-electron chi connectivity index (χ1n) is 3.10. The van der Waals surface area contributed by atoms with Crippen molar-refractivity contribution < 1.29 is 9.90 Å². The van der Waals surface area contributed by atoms with E-state index in [-0.39, 0.29) is 12.4 Å². The zero-order valence-corrected chi connectivity index (χ0v) is 9.72. The van der Waals surface area contributed by atoms with Gasteiger partial charge >= 0.3 is 5.97 Å². The van der Waals surface area contributed by atoms with Crippen molar-refractivity contribution >= 4 is 42.8 Å². The summed E-state index contributed by atoms with van der Waals surface area (Å²) in [5, 5.41) is 8.27. The van der Waals surface area contributed by atoms with Crippen LogP contribution in [0.3, 0.4) is 0 Å². The van der Waals surface area contributed by atoms with E-state index in [0.29, 0.717) is 6.42 Å². The van der Waals surface area contributed by atoms with Gasteiger partial charge in [-0.2, -0.15) is 24.4 Å². The first-order valence-corrected chi connectivity index (χ1v) is 5.39. The average Bonchev–Trinajstić information content (AvgIpc) is 2.03. The Morgan fingerprint density at radius 2 is 2.08 bits per heavy atom. The highest BCUT2D eigenvalue weighted by molar-refractivity contribution is 7.98. The Hall–Kier alpha value is 0.420. The van der Waals surface area contributed by atoms with Gasteiger partial charge in [0.1, 0.15) is 6.04 Å². The predicted molar refractivity (Wildman–Crippen MR) is 60.8 cm³/mol. The van der Waals surface area contributed by atoms with E-state index in [1.807, 2.05) is 6.26 Å². The van der Waals surface area contributed by atoms with Crippen molar-refractivity contribution in [3.63, 3.8) is 0 Å². The molecule has 0 amide bonds. The summed E-state index contributed by atoms with van der Waals surface area (Å²) in [5.74, 6) is -0.1000. The molecule has 0 aromatic rings. The number of hydrogen-bond donors (Lipinski definition) is 3. The molecule has 0 bridgehead atoms. The standard InChI is InChI=1S/C5H11NO2S.CH4S.ClH/c1-9-3-2-4(6)5(7)8;1-2;/h4H,2-3,6H2,1H3,(H,7,8);2H,1H3;1H/t4-;;/m0../s1. The highest BCUT2D eigenvalue weighted by Gasteiger charge is 2.08. The summed E-state index contributed by atoms with van der Waals surface area (Å²) in [6.45, 7) is 0. The molecule has 0 aliphatic carbocycles. The second-order valence-electron chi connectivity index (χ2n) is 1.73. The molecular formula is C6H16ClNO2S2. The summed E-state index contributed by atoms with van der Waals surface area (Å²) in [4.78, 5) is 10.1. The minimum Gasteiger partial charge on any atom is -0.480 e. The van der Waals surface area contributed by atoms with E-state index in [1.54, 1.807) is 18.0 Å². The lowest BCUT2D eigenvalue weighted by molar-refractivity contribution is -0.138. The first kappa shape index (κ1) is 18.3. The van der Waals surface area contributed by atoms with Gasteiger partial charge < -0.3 is 10.8 Å². The van der Waals surface area contributed by atoms with E-state index in [1.165, 1.54) is 0 Å². The van der Waals surface area contributed by atoms with Crippen LogP contribution >= 0.6 is 36.8 Å². The number of thiol groups is 1. The number of aliphatic carboxylic acids is 1. The average molecular weight is 234 g/mol. The number of thioether (sulfide) groups is 1. The number of carboxylic acid groups (broad SMARTS) is 1. The van der Waals surface area contributed by atoms with Gasteiger partial charge in [-0.3, -0.25) is 4.79 Å². The van der Waals surface area contributed by atoms with Gasteiger partial charge in [0.15, 0.2) is 0 Å². The third-order valence-corrected chi connectivity index (χ3v) is 1.59. The Balaban J connectivity index is -0.000000249. The Morgan fingerprint density at radius 1 is 1.67 bits per heavy atom. The number of hydrogen-bond acceptors (Lipinski definition) is 4. The molecule has 0 spiro atoms. The molecule has 0 rings (SSSR count). The van der Waals surface area contributed by atoms with E-state index in [0.717, 1.165) is 5.75 Å². The number of carbonyl (C=O) groups is 1. The van der Waals surface area contributed by atoms with Crippen molar-refractivity contribution in [3.8, 4) is 0 Å². The van der Waals surface area contributed by atoms with Gasteiger partial charge in [0.05, 0.1) is 0 Å². The van der Waals surface area contributed by atoms with Crippen molar-refractivity contribution in [1.29, 1.82) is 0 Å². The summed E-state index contributed by atoms with van der Waals surface area (Å²) in [6.07, 6.45) is 4.17. The minimum absolute atomic E-state index is 0. The van der Waals surface area contributed by atoms with Crippen LogP contribution in [0.4, 0.5) is 0 Å². The summed E-state index contributed by atoms with van der Waals surface area (Å²) >= 11 is 5.13. The van der Waals surface area contributed by atoms with Crippen LogP contribution < -0.4 is 5.73 Å². The Morgan fingerprint density at radius 3 is 2.33 bits per heavy atom. The zero-order valence-electron chi connectivity index (χ0n) is 7.19. The molecule has 1 atom stereocenters. The third-order valence-electron chi connectivity index (χ3n) is 0.950. The molecule has 0 aromatic carbocycles. The van der Waals surface area contributed by atoms with Gasteiger partial charge in [0.2, 0.25) is 0 Å². The molecule has 0 saturated heterocycles. The van der Waals surface area contributed by atoms with Crippen molar-refractivity contribution in [2.24, 2.45) is 5.73 Å². The first-order chi connectivity index (χ1) is 5.18. The molecule has 3 nitrogen and oxygen atoms in total. The van der Waals surface area contributed by atoms with Gasteiger partial charge in [-0.25, -0.2) is 0 Å². The van der Waals surface area contributed by atoms with Crippen molar-refractivity contribution in [2.45, 2.75) is 12.5 Å². The molecule has 0 fully saturated rings. The predicted octanol–water partition coefficient (Wildman–Crippen LogP) is 1.12. The van der Waals surface area contributed by atoms with Crippen LogP contribution in [0.25, 0.3) is 0 Å². The number of halogens is 1. The molecule has 76 valence electrons. The van der Waals surface area contributed by atoms with E-state index >= 15 is 0 Å². The fourth-order valence-corrected chi connectivity index (χ4v) is 0.858. The smallest absolute Gasteiger partial charge is 0.320 e. The van der Waals surface area contributed by atoms with Gasteiger partial charge in [-0.1, -0.05) is 0 Å². The summed E-state index contributed by atoms with van der Waals surface area (Å²) in [7, 11) is 0.